The largest absolute Gasteiger partial charge is 0.494 e. The summed E-state index contributed by atoms with van der Waals surface area (Å²) in [6, 6.07) is 12.4. The monoisotopic (exact) mass is 606 g/mol. The van der Waals surface area contributed by atoms with E-state index in [2.05, 4.69) is 26.4 Å². The number of aromatic nitrogens is 1. The van der Waals surface area contributed by atoms with Crippen molar-refractivity contribution in [2.24, 2.45) is 0 Å². The second kappa shape index (κ2) is 14.6. The minimum Gasteiger partial charge on any atom is -0.494 e. The van der Waals surface area contributed by atoms with Gasteiger partial charge in [0.15, 0.2) is 0 Å². The number of fused-ring (bicyclic) bond motifs is 1. The van der Waals surface area contributed by atoms with Gasteiger partial charge in [0, 0.05) is 37.3 Å². The molecular formula is C25H33Cl3N4O5S. The van der Waals surface area contributed by atoms with E-state index in [0.717, 1.165) is 39.1 Å². The Labute approximate surface area is 241 Å². The van der Waals surface area contributed by atoms with Gasteiger partial charge in [0.1, 0.15) is 11.6 Å². The number of anilines is 2. The fourth-order valence-electron chi connectivity index (χ4n) is 4.23. The van der Waals surface area contributed by atoms with Crippen LogP contribution in [0.5, 0.6) is 5.75 Å². The molecule has 0 radical (unpaired) electrons. The van der Waals surface area contributed by atoms with Gasteiger partial charge in [-0.05, 0) is 68.4 Å². The van der Waals surface area contributed by atoms with Crippen molar-refractivity contribution >= 4 is 75.6 Å². The standard InChI is InChI=1S/C25H30N4O5S.3ClH/c1-3-11-28-12-14-29(15-13-28)24-17-22(25(30)31)21-16-18(5-10-23(21)26-24)27-35(32,33)20-8-6-19(7-9-20)34-4-2;;;/h5-10,16-17,27H,3-4,11-15H2,1-2H3,(H,30,31);3*1H. The fraction of sp³-hybridized carbons (Fsp3) is 0.360. The second-order valence-corrected chi connectivity index (χ2v) is 10.1. The average Bonchev–Trinajstić information content (AvgIpc) is 2.84. The van der Waals surface area contributed by atoms with E-state index < -0.39 is 16.0 Å². The quantitative estimate of drug-likeness (QED) is 0.352. The molecular weight excluding hydrogens is 575 g/mol. The zero-order valence-corrected chi connectivity index (χ0v) is 24.4. The molecule has 0 unspecified atom stereocenters. The molecule has 13 heteroatoms. The molecule has 4 rings (SSSR count). The maximum atomic E-state index is 12.9. The van der Waals surface area contributed by atoms with Gasteiger partial charge >= 0.3 is 5.97 Å². The van der Waals surface area contributed by atoms with Gasteiger partial charge in [0.05, 0.1) is 22.6 Å². The van der Waals surface area contributed by atoms with Crippen molar-refractivity contribution in [3.05, 3.63) is 54.1 Å². The van der Waals surface area contributed by atoms with Gasteiger partial charge in [-0.3, -0.25) is 9.62 Å². The minimum atomic E-state index is -3.87. The highest BCUT2D eigenvalue weighted by molar-refractivity contribution is 7.92. The van der Waals surface area contributed by atoms with Crippen LogP contribution in [0.2, 0.25) is 0 Å². The molecule has 0 amide bonds. The highest BCUT2D eigenvalue weighted by Crippen LogP contribution is 2.28. The third-order valence-electron chi connectivity index (χ3n) is 5.96. The molecule has 2 aromatic carbocycles. The normalized spacial score (nSPS) is 13.6. The Morgan fingerprint density at radius 2 is 1.66 bits per heavy atom. The van der Waals surface area contributed by atoms with E-state index in [4.69, 9.17) is 4.74 Å². The third-order valence-corrected chi connectivity index (χ3v) is 7.36. The van der Waals surface area contributed by atoms with Crippen LogP contribution in [0.3, 0.4) is 0 Å². The summed E-state index contributed by atoms with van der Waals surface area (Å²) < 4.78 is 33.6. The van der Waals surface area contributed by atoms with Crippen LogP contribution in [-0.2, 0) is 10.0 Å². The molecule has 1 aliphatic heterocycles. The lowest BCUT2D eigenvalue weighted by Crippen LogP contribution is -2.46. The molecule has 3 aromatic rings. The number of nitrogens with zero attached hydrogens (tertiary/aromatic N) is 3. The number of carboxylic acid groups (broad SMARTS) is 1. The summed E-state index contributed by atoms with van der Waals surface area (Å²) in [5, 5.41) is 10.3. The number of aromatic carboxylic acids is 1. The number of sulfonamides is 1. The summed E-state index contributed by atoms with van der Waals surface area (Å²) in [6.45, 7) is 8.90. The van der Waals surface area contributed by atoms with Gasteiger partial charge in [0.25, 0.3) is 10.0 Å². The number of carbonyl (C=O) groups is 1. The van der Waals surface area contributed by atoms with Crippen molar-refractivity contribution < 1.29 is 23.1 Å². The summed E-state index contributed by atoms with van der Waals surface area (Å²) in [4.78, 5) is 21.3. The maximum Gasteiger partial charge on any atom is 0.336 e. The van der Waals surface area contributed by atoms with Gasteiger partial charge < -0.3 is 14.7 Å². The van der Waals surface area contributed by atoms with Crippen LogP contribution in [0, 0.1) is 0 Å². The van der Waals surface area contributed by atoms with Crippen LogP contribution in [0.1, 0.15) is 30.6 Å². The lowest BCUT2D eigenvalue weighted by atomic mass is 10.1. The molecule has 2 heterocycles. The zero-order valence-electron chi connectivity index (χ0n) is 21.1. The second-order valence-electron chi connectivity index (χ2n) is 8.40. The van der Waals surface area contributed by atoms with Gasteiger partial charge in [-0.1, -0.05) is 6.92 Å². The number of benzene rings is 2. The van der Waals surface area contributed by atoms with Gasteiger partial charge in [0.2, 0.25) is 0 Å². The first-order chi connectivity index (χ1) is 16.8. The Hall–Kier alpha value is -2.50. The summed E-state index contributed by atoms with van der Waals surface area (Å²) in [5.74, 6) is 0.112. The Balaban J connectivity index is 0.00000241. The summed E-state index contributed by atoms with van der Waals surface area (Å²) in [7, 11) is -3.87. The smallest absolute Gasteiger partial charge is 0.336 e. The van der Waals surface area contributed by atoms with Crippen LogP contribution >= 0.6 is 37.2 Å². The Kier molecular flexibility index (Phi) is 12.9. The highest BCUT2D eigenvalue weighted by atomic mass is 35.5. The fourth-order valence-corrected chi connectivity index (χ4v) is 5.28. The van der Waals surface area contributed by atoms with E-state index in [-0.39, 0.29) is 53.4 Å². The topological polar surface area (TPSA) is 112 Å². The molecule has 0 saturated carbocycles. The molecule has 0 aliphatic carbocycles. The summed E-state index contributed by atoms with van der Waals surface area (Å²) in [6.07, 6.45) is 1.10. The van der Waals surface area contributed by atoms with Gasteiger partial charge in [-0.2, -0.15) is 0 Å². The predicted octanol–water partition coefficient (Wildman–Crippen LogP) is 4.93. The van der Waals surface area contributed by atoms with Crippen LogP contribution in [-0.4, -0.2) is 68.7 Å². The lowest BCUT2D eigenvalue weighted by molar-refractivity contribution is 0.0699. The number of hydrogen-bond donors (Lipinski definition) is 2. The zero-order chi connectivity index (χ0) is 25.0. The van der Waals surface area contributed by atoms with Crippen molar-refractivity contribution in [2.75, 3.05) is 49.0 Å². The van der Waals surface area contributed by atoms with Crippen LogP contribution in [0.15, 0.2) is 53.4 Å². The first-order valence-electron chi connectivity index (χ1n) is 11.7. The molecule has 0 spiro atoms. The molecule has 210 valence electrons. The average molecular weight is 608 g/mol. The third kappa shape index (κ3) is 7.77. The van der Waals surface area contributed by atoms with Crippen LogP contribution in [0.4, 0.5) is 11.5 Å². The van der Waals surface area contributed by atoms with Gasteiger partial charge in [-0.25, -0.2) is 18.2 Å². The molecule has 0 bridgehead atoms. The number of pyridine rings is 1. The number of halogens is 3. The van der Waals surface area contributed by atoms with Crippen LogP contribution in [0.25, 0.3) is 10.9 Å². The lowest BCUT2D eigenvalue weighted by Gasteiger charge is -2.35. The first kappa shape index (κ1) is 33.5. The molecule has 1 saturated heterocycles. The Morgan fingerprint density at radius 3 is 2.24 bits per heavy atom. The summed E-state index contributed by atoms with van der Waals surface area (Å²) in [5.41, 5.74) is 0.847. The molecule has 0 atom stereocenters. The number of carboxylic acids is 1. The SMILES string of the molecule is CCCN1CCN(c2cc(C(=O)O)c3cc(NS(=O)(=O)c4ccc(OCC)cc4)ccc3n2)CC1.Cl.Cl.Cl. The Bertz CT molecular complexity index is 1320. The number of nitrogens with one attached hydrogen (secondary N) is 1. The van der Waals surface area contributed by atoms with Crippen molar-refractivity contribution in [1.82, 2.24) is 9.88 Å². The van der Waals surface area contributed by atoms with Crippen molar-refractivity contribution in [2.45, 2.75) is 25.2 Å². The van der Waals surface area contributed by atoms with E-state index in [1.807, 2.05) is 6.92 Å². The molecule has 1 aliphatic rings. The molecule has 1 aromatic heterocycles. The van der Waals surface area contributed by atoms with E-state index in [0.29, 0.717) is 29.1 Å². The first-order valence-corrected chi connectivity index (χ1v) is 13.2. The maximum absolute atomic E-state index is 12.9. The molecule has 38 heavy (non-hydrogen) atoms. The Morgan fingerprint density at radius 1 is 1.00 bits per heavy atom. The van der Waals surface area contributed by atoms with Crippen LogP contribution < -0.4 is 14.4 Å². The number of ether oxygens (including phenoxy) is 1. The number of piperazine rings is 1. The van der Waals surface area contributed by atoms with E-state index in [1.165, 1.54) is 18.2 Å². The van der Waals surface area contributed by atoms with E-state index in [9.17, 15) is 18.3 Å². The van der Waals surface area contributed by atoms with Gasteiger partial charge in [-0.15, -0.1) is 37.2 Å². The highest BCUT2D eigenvalue weighted by Gasteiger charge is 2.21. The number of hydrogen-bond acceptors (Lipinski definition) is 7. The van der Waals surface area contributed by atoms with E-state index in [1.54, 1.807) is 30.3 Å². The molecule has 2 N–H and O–H groups in total. The molecule has 1 fully saturated rings. The minimum absolute atomic E-state index is 0. The summed E-state index contributed by atoms with van der Waals surface area (Å²) >= 11 is 0. The molecule has 9 nitrogen and oxygen atoms in total. The number of rotatable bonds is 9. The predicted molar refractivity (Wildman–Crippen MR) is 158 cm³/mol. The van der Waals surface area contributed by atoms with Crippen molar-refractivity contribution in [3.8, 4) is 5.75 Å². The van der Waals surface area contributed by atoms with Crippen molar-refractivity contribution in [1.29, 1.82) is 0 Å². The van der Waals surface area contributed by atoms with E-state index >= 15 is 0 Å². The van der Waals surface area contributed by atoms with Crippen molar-refractivity contribution in [3.63, 3.8) is 0 Å².